The number of amides is 3. The van der Waals surface area contributed by atoms with Gasteiger partial charge in [-0.1, -0.05) is 6.92 Å². The summed E-state index contributed by atoms with van der Waals surface area (Å²) in [4.78, 5) is 91.0. The Kier molecular flexibility index (Phi) is 13.5. The van der Waals surface area contributed by atoms with E-state index in [2.05, 4.69) is 12.9 Å². The Morgan fingerprint density at radius 1 is 0.953 bits per heavy atom. The van der Waals surface area contributed by atoms with E-state index in [-0.39, 0.29) is 101 Å². The first-order valence-electron chi connectivity index (χ1n) is 14.5. The Balaban J connectivity index is 1.45. The lowest BCUT2D eigenvalue weighted by Gasteiger charge is -2.30. The summed E-state index contributed by atoms with van der Waals surface area (Å²) in [5.74, 6) is -4.23. The Morgan fingerprint density at radius 3 is 2.07 bits per heavy atom. The van der Waals surface area contributed by atoms with Gasteiger partial charge in [-0.2, -0.15) is 0 Å². The minimum absolute atomic E-state index is 0.00955. The van der Waals surface area contributed by atoms with Crippen LogP contribution in [-0.4, -0.2) is 153 Å². The number of likely N-dealkylation sites (tertiary alicyclic amines) is 1. The van der Waals surface area contributed by atoms with E-state index < -0.39 is 39.2 Å². The molecule has 3 saturated heterocycles. The van der Waals surface area contributed by atoms with Crippen molar-refractivity contribution in [1.29, 1.82) is 0 Å². The molecule has 4 atom stereocenters. The lowest BCUT2D eigenvalue weighted by Crippen LogP contribution is -2.48. The predicted molar refractivity (Wildman–Crippen MR) is 147 cm³/mol. The molecular weight excluding hydrogens is 587 g/mol. The SMILES string of the molecule is CC1CC(=O)N(CCC(=O)CCCNC(=O)CCC(C(=O)O)N2CCN3CCN(CC2)CC(=O)[O][Al]([18F])[O]C(=O)C3)C1=O. The van der Waals surface area contributed by atoms with Crippen molar-refractivity contribution in [2.45, 2.75) is 51.5 Å². The van der Waals surface area contributed by atoms with Crippen LogP contribution in [0.3, 0.4) is 0 Å². The Bertz CT molecular complexity index is 1050. The molecule has 0 aromatic heterocycles. The van der Waals surface area contributed by atoms with E-state index in [1.165, 1.54) is 0 Å². The van der Waals surface area contributed by atoms with Crippen molar-refractivity contribution in [1.82, 2.24) is 24.9 Å². The summed E-state index contributed by atoms with van der Waals surface area (Å²) in [5.41, 5.74) is 0. The Hall–Kier alpha value is -2.97. The van der Waals surface area contributed by atoms with Crippen LogP contribution in [0.25, 0.3) is 0 Å². The summed E-state index contributed by atoms with van der Waals surface area (Å²) in [6, 6.07) is -1.01. The number of imide groups is 1. The average molecular weight is 627 g/mol. The predicted octanol–water partition coefficient (Wildman–Crippen LogP) is -1.56. The van der Waals surface area contributed by atoms with E-state index in [1.54, 1.807) is 21.6 Å². The molecule has 0 aromatic carbocycles. The number of aliphatic carboxylic acids is 1. The molecule has 3 aliphatic rings. The fourth-order valence-electron chi connectivity index (χ4n) is 5.23. The van der Waals surface area contributed by atoms with Gasteiger partial charge in [0.05, 0.1) is 13.1 Å². The van der Waals surface area contributed by atoms with Crippen molar-refractivity contribution < 1.29 is 49.8 Å². The topological polar surface area (TPSA) is 183 Å². The fraction of sp³-hybridized carbons (Fsp3) is 0.731. The van der Waals surface area contributed by atoms with Gasteiger partial charge in [0, 0.05) is 84.0 Å². The van der Waals surface area contributed by atoms with Crippen LogP contribution in [0.2, 0.25) is 0 Å². The molecule has 2 bridgehead atoms. The maximum Gasteiger partial charge on any atom is 1.15 e. The van der Waals surface area contributed by atoms with Gasteiger partial charge in [0.2, 0.25) is 17.7 Å². The summed E-state index contributed by atoms with van der Waals surface area (Å²) in [6.07, 6.45) is 0.679. The van der Waals surface area contributed by atoms with Gasteiger partial charge in [-0.3, -0.25) is 53.2 Å². The van der Waals surface area contributed by atoms with E-state index in [9.17, 15) is 42.2 Å². The van der Waals surface area contributed by atoms with Crippen LogP contribution in [0.5, 0.6) is 0 Å². The molecule has 0 aliphatic carbocycles. The highest BCUT2D eigenvalue weighted by Gasteiger charge is 2.43. The first-order chi connectivity index (χ1) is 20.4. The van der Waals surface area contributed by atoms with Crippen molar-refractivity contribution in [2.75, 3.05) is 65.4 Å². The molecule has 3 rings (SSSR count). The Morgan fingerprint density at radius 2 is 1.53 bits per heavy atom. The zero-order valence-corrected chi connectivity index (χ0v) is 25.5. The molecule has 43 heavy (non-hydrogen) atoms. The number of hydrogen-bond donors (Lipinski definition) is 2. The molecule has 15 nitrogen and oxygen atoms in total. The van der Waals surface area contributed by atoms with E-state index in [1.807, 2.05) is 0 Å². The monoisotopic (exact) mass is 626 g/mol. The molecule has 4 unspecified atom stereocenters. The normalized spacial score (nSPS) is 24.7. The summed E-state index contributed by atoms with van der Waals surface area (Å²) in [6.45, 7) is 3.34. The second-order valence-electron chi connectivity index (χ2n) is 11.0. The first-order valence-corrected chi connectivity index (χ1v) is 15.9. The lowest BCUT2D eigenvalue weighted by molar-refractivity contribution is -0.146. The van der Waals surface area contributed by atoms with Gasteiger partial charge < -0.3 is 21.5 Å². The van der Waals surface area contributed by atoms with Crippen LogP contribution in [0.1, 0.15) is 45.4 Å². The maximum atomic E-state index is 13.9. The summed E-state index contributed by atoms with van der Waals surface area (Å²) < 4.78 is 23.1. The number of carbonyl (C=O) groups excluding carboxylic acids is 6. The van der Waals surface area contributed by atoms with Gasteiger partial charge in [-0.25, -0.2) is 0 Å². The molecule has 0 aromatic rings. The number of carboxylic acid groups (broad SMARTS) is 1. The van der Waals surface area contributed by atoms with Gasteiger partial charge in [0.15, 0.2) is 0 Å². The fourth-order valence-corrected chi connectivity index (χ4v) is 5.84. The van der Waals surface area contributed by atoms with Crippen molar-refractivity contribution in [2.24, 2.45) is 5.92 Å². The van der Waals surface area contributed by atoms with Crippen molar-refractivity contribution in [3.05, 3.63) is 0 Å². The minimum atomic E-state index is -3.93. The van der Waals surface area contributed by atoms with Crippen LogP contribution in [0, 0.1) is 5.92 Å². The van der Waals surface area contributed by atoms with Gasteiger partial charge in [0.1, 0.15) is 11.8 Å². The molecule has 3 amide bonds. The van der Waals surface area contributed by atoms with Gasteiger partial charge in [-0.05, 0) is 12.8 Å². The second kappa shape index (κ2) is 16.8. The third kappa shape index (κ3) is 11.2. The molecule has 0 saturated carbocycles. The van der Waals surface area contributed by atoms with Gasteiger partial charge >= 0.3 is 21.2 Å². The van der Waals surface area contributed by atoms with Crippen molar-refractivity contribution in [3.8, 4) is 0 Å². The van der Waals surface area contributed by atoms with E-state index in [0.29, 0.717) is 32.6 Å². The standard InChI is InChI=1S/C26H41N5O10.Al.FH/c1-18-15-22(34)31(25(18)39)8-6-19(32)3-2-7-27-21(33)5-4-20(26(40)41)30-13-11-28(16-23(35)36)9-10-29(12-14-30)17-24(37)38;;/h18,20H,2-17H2,1H3,(H,27,33)(H,35,36)(H,37,38)(H,40,41);;1H/q;+3;/p-3/i;;1-1. The lowest BCUT2D eigenvalue weighted by atomic mass is 10.1. The highest BCUT2D eigenvalue weighted by molar-refractivity contribution is 6.41. The molecule has 2 N–H and O–H groups in total. The van der Waals surface area contributed by atoms with Crippen LogP contribution >= 0.6 is 0 Å². The number of carbonyl (C=O) groups is 7. The molecule has 0 spiro atoms. The number of halogens is 1. The first kappa shape index (κ1) is 34.5. The van der Waals surface area contributed by atoms with Crippen molar-refractivity contribution >= 4 is 56.7 Å². The minimum Gasteiger partial charge on any atom is -0.558 e. The van der Waals surface area contributed by atoms with Crippen molar-refractivity contribution in [3.63, 3.8) is 0 Å². The largest absolute Gasteiger partial charge is 1.15 e. The number of fused-ring (bicyclic) bond motifs is 3. The molecule has 3 aliphatic heterocycles. The van der Waals surface area contributed by atoms with Crippen LogP contribution < -0.4 is 5.32 Å². The molecule has 0 radical (unpaired) electrons. The van der Waals surface area contributed by atoms with Crippen LogP contribution in [-0.2, 0) is 41.1 Å². The van der Waals surface area contributed by atoms with Crippen LogP contribution in [0.15, 0.2) is 0 Å². The third-order valence-electron chi connectivity index (χ3n) is 7.70. The molecule has 17 heteroatoms. The highest BCUT2D eigenvalue weighted by Crippen LogP contribution is 2.19. The van der Waals surface area contributed by atoms with Gasteiger partial charge in [-0.15, -0.1) is 0 Å². The highest BCUT2D eigenvalue weighted by atomic mass is 27.3. The quantitative estimate of drug-likeness (QED) is 0.144. The molecule has 238 valence electrons. The maximum absolute atomic E-state index is 13.9. The average Bonchev–Trinajstić information content (AvgIpc) is 3.21. The number of hydrogen-bond acceptors (Lipinski definition) is 12. The zero-order chi connectivity index (χ0) is 31.5. The summed E-state index contributed by atoms with van der Waals surface area (Å²) in [7, 11) is 0. The smallest absolute Gasteiger partial charge is 0.558 e. The third-order valence-corrected chi connectivity index (χ3v) is 8.60. The Labute approximate surface area is 254 Å². The van der Waals surface area contributed by atoms with E-state index >= 15 is 0 Å². The number of nitrogens with zero attached hydrogens (tertiary/aromatic N) is 4. The summed E-state index contributed by atoms with van der Waals surface area (Å²) in [5, 5.41) is 12.6. The number of Topliss-reactive ketones (excluding diaryl/α,β-unsaturated/α-hetero) is 1. The summed E-state index contributed by atoms with van der Waals surface area (Å²) >= 11 is -3.93. The van der Waals surface area contributed by atoms with Crippen LogP contribution in [0.4, 0.5) is 3.52 Å². The van der Waals surface area contributed by atoms with E-state index in [4.69, 9.17) is 0 Å². The zero-order valence-electron chi connectivity index (χ0n) is 24.3. The molecule has 3 heterocycles. The van der Waals surface area contributed by atoms with Gasteiger partial charge in [0.25, 0.3) is 11.9 Å². The number of nitrogens with one attached hydrogen (secondary N) is 1. The number of rotatable bonds is 12. The molecular formula is C26H39AlFN5O10. The number of ketones is 1. The second-order valence-corrected chi connectivity index (χ2v) is 12.0. The number of carboxylic acids is 1. The van der Waals surface area contributed by atoms with E-state index in [0.717, 1.165) is 4.90 Å². The molecule has 3 fully saturated rings.